The van der Waals surface area contributed by atoms with Gasteiger partial charge in [0.05, 0.1) is 16.4 Å². The molecule has 25 heavy (non-hydrogen) atoms. The Hall–Kier alpha value is -2.25. The maximum atomic E-state index is 13.8. The third kappa shape index (κ3) is 2.94. The number of halogens is 3. The van der Waals surface area contributed by atoms with Crippen molar-refractivity contribution in [2.45, 2.75) is 13.5 Å². The number of benzene rings is 1. The van der Waals surface area contributed by atoms with Crippen molar-refractivity contribution < 1.29 is 4.39 Å². The number of hydrogen-bond acceptors (Lipinski definition) is 4. The molecule has 6 nitrogen and oxygen atoms in total. The van der Waals surface area contributed by atoms with Gasteiger partial charge >= 0.3 is 0 Å². The number of aromatic amines is 2. The van der Waals surface area contributed by atoms with Crippen LogP contribution in [-0.2, 0) is 6.54 Å². The van der Waals surface area contributed by atoms with E-state index < -0.39 is 5.82 Å². The van der Waals surface area contributed by atoms with Gasteiger partial charge in [0.2, 0.25) is 0 Å². The molecule has 0 saturated heterocycles. The molecule has 0 unspecified atom stereocenters. The van der Waals surface area contributed by atoms with E-state index in [2.05, 4.69) is 30.4 Å². The molecule has 130 valence electrons. The van der Waals surface area contributed by atoms with Crippen LogP contribution in [0, 0.1) is 12.7 Å². The largest absolute Gasteiger partial charge is 0.368 e. The lowest BCUT2D eigenvalue weighted by Gasteiger charge is -2.30. The maximum Gasteiger partial charge on any atom is 0.197 e. The molecule has 0 aliphatic carbocycles. The summed E-state index contributed by atoms with van der Waals surface area (Å²) in [5.74, 6) is 1.73. The van der Waals surface area contributed by atoms with E-state index in [1.54, 1.807) is 0 Å². The number of fused-ring (bicyclic) bond motifs is 1. The molecule has 0 atom stereocenters. The quantitative estimate of drug-likeness (QED) is 0.600. The van der Waals surface area contributed by atoms with E-state index in [0.29, 0.717) is 23.0 Å². The van der Waals surface area contributed by atoms with Crippen LogP contribution in [0.4, 0.5) is 15.9 Å². The van der Waals surface area contributed by atoms with Gasteiger partial charge in [-0.3, -0.25) is 5.10 Å². The zero-order valence-corrected chi connectivity index (χ0v) is 14.8. The van der Waals surface area contributed by atoms with Crippen LogP contribution < -0.4 is 10.2 Å². The summed E-state index contributed by atoms with van der Waals surface area (Å²) in [6.07, 6.45) is 0. The molecular weight excluding hydrogens is 366 g/mol. The fraction of sp³-hybridized carbons (Fsp3) is 0.250. The third-order valence-electron chi connectivity index (χ3n) is 4.15. The maximum absolute atomic E-state index is 13.8. The molecule has 0 saturated carbocycles. The summed E-state index contributed by atoms with van der Waals surface area (Å²) in [6.45, 7) is 3.73. The Morgan fingerprint density at radius 1 is 1.32 bits per heavy atom. The van der Waals surface area contributed by atoms with Crippen LogP contribution in [-0.4, -0.2) is 33.3 Å². The van der Waals surface area contributed by atoms with E-state index in [1.165, 1.54) is 12.1 Å². The molecule has 0 fully saturated rings. The summed E-state index contributed by atoms with van der Waals surface area (Å²) in [6, 6.07) is 4.77. The van der Waals surface area contributed by atoms with Crippen molar-refractivity contribution in [1.29, 1.82) is 0 Å². The van der Waals surface area contributed by atoms with Gasteiger partial charge in [-0.1, -0.05) is 23.2 Å². The molecule has 1 aliphatic rings. The Morgan fingerprint density at radius 3 is 2.92 bits per heavy atom. The molecule has 3 heterocycles. The van der Waals surface area contributed by atoms with Crippen molar-refractivity contribution in [3.8, 4) is 11.5 Å². The molecule has 1 aromatic carbocycles. The Labute approximate surface area is 153 Å². The molecule has 9 heteroatoms. The summed E-state index contributed by atoms with van der Waals surface area (Å²) in [4.78, 5) is 9.71. The first-order valence-corrected chi connectivity index (χ1v) is 8.52. The Bertz CT molecular complexity index is 935. The van der Waals surface area contributed by atoms with E-state index >= 15 is 0 Å². The van der Waals surface area contributed by atoms with Crippen LogP contribution in [0.25, 0.3) is 11.5 Å². The lowest BCUT2D eigenvalue weighted by Crippen LogP contribution is -2.33. The second-order valence-electron chi connectivity index (χ2n) is 5.86. The monoisotopic (exact) mass is 380 g/mol. The van der Waals surface area contributed by atoms with Crippen LogP contribution in [0.3, 0.4) is 0 Å². The molecular formula is C16H15Cl2FN6. The highest BCUT2D eigenvalue weighted by atomic mass is 35.5. The van der Waals surface area contributed by atoms with Gasteiger partial charge in [0.25, 0.3) is 0 Å². The summed E-state index contributed by atoms with van der Waals surface area (Å²) in [5, 5.41) is 10.8. The number of anilines is 2. The molecule has 3 aromatic rings. The van der Waals surface area contributed by atoms with E-state index in [9.17, 15) is 4.39 Å². The fourth-order valence-electron chi connectivity index (χ4n) is 2.92. The van der Waals surface area contributed by atoms with Crippen molar-refractivity contribution in [3.63, 3.8) is 0 Å². The highest BCUT2D eigenvalue weighted by Gasteiger charge is 2.23. The highest BCUT2D eigenvalue weighted by molar-refractivity contribution is 6.36. The Kier molecular flexibility index (Phi) is 4.05. The van der Waals surface area contributed by atoms with Crippen molar-refractivity contribution in [1.82, 2.24) is 20.2 Å². The van der Waals surface area contributed by atoms with Gasteiger partial charge in [-0.25, -0.2) is 9.37 Å². The number of nitrogens with zero attached hydrogens (tertiary/aromatic N) is 3. The molecule has 0 spiro atoms. The zero-order valence-electron chi connectivity index (χ0n) is 13.3. The zero-order chi connectivity index (χ0) is 17.6. The lowest BCUT2D eigenvalue weighted by molar-refractivity contribution is 0.625. The number of nitrogens with one attached hydrogen (secondary N) is 3. The van der Waals surface area contributed by atoms with Gasteiger partial charge in [0.15, 0.2) is 5.82 Å². The summed E-state index contributed by atoms with van der Waals surface area (Å²) in [7, 11) is 0. The van der Waals surface area contributed by atoms with Crippen LogP contribution in [0.1, 0.15) is 11.4 Å². The average molecular weight is 381 g/mol. The van der Waals surface area contributed by atoms with Crippen molar-refractivity contribution in [3.05, 3.63) is 45.4 Å². The normalized spacial score (nSPS) is 13.7. The Balaban J connectivity index is 1.68. The van der Waals surface area contributed by atoms with Crippen LogP contribution in [0.2, 0.25) is 10.0 Å². The smallest absolute Gasteiger partial charge is 0.197 e. The predicted molar refractivity (Wildman–Crippen MR) is 96.9 cm³/mol. The Morgan fingerprint density at radius 2 is 2.16 bits per heavy atom. The third-order valence-corrected chi connectivity index (χ3v) is 4.91. The lowest BCUT2D eigenvalue weighted by atomic mass is 10.1. The van der Waals surface area contributed by atoms with Gasteiger partial charge in [-0.15, -0.1) is 0 Å². The second-order valence-corrected chi connectivity index (χ2v) is 6.64. The average Bonchev–Trinajstić information content (AvgIpc) is 3.21. The van der Waals surface area contributed by atoms with Crippen molar-refractivity contribution in [2.24, 2.45) is 0 Å². The van der Waals surface area contributed by atoms with E-state index in [-0.39, 0.29) is 5.02 Å². The topological polar surface area (TPSA) is 72.6 Å². The molecule has 1 aliphatic heterocycles. The number of H-pyrrole nitrogens is 2. The molecule has 3 N–H and O–H groups in total. The van der Waals surface area contributed by atoms with E-state index in [0.717, 1.165) is 36.1 Å². The number of hydrogen-bond donors (Lipinski definition) is 3. The summed E-state index contributed by atoms with van der Waals surface area (Å²) in [5.41, 5.74) is 2.32. The van der Waals surface area contributed by atoms with E-state index in [1.807, 2.05) is 13.0 Å². The summed E-state index contributed by atoms with van der Waals surface area (Å²) < 4.78 is 13.8. The molecule has 4 rings (SSSR count). The minimum Gasteiger partial charge on any atom is -0.368 e. The summed E-state index contributed by atoms with van der Waals surface area (Å²) >= 11 is 12.3. The molecule has 0 radical (unpaired) electrons. The van der Waals surface area contributed by atoms with Gasteiger partial charge in [-0.05, 0) is 25.1 Å². The second kappa shape index (κ2) is 6.24. The first-order chi connectivity index (χ1) is 12.0. The number of aromatic nitrogens is 4. The van der Waals surface area contributed by atoms with Gasteiger partial charge < -0.3 is 15.2 Å². The molecule has 0 bridgehead atoms. The minimum absolute atomic E-state index is 0.0629. The van der Waals surface area contributed by atoms with Gasteiger partial charge in [0, 0.05) is 30.2 Å². The van der Waals surface area contributed by atoms with Gasteiger partial charge in [0.1, 0.15) is 17.5 Å². The van der Waals surface area contributed by atoms with Crippen molar-refractivity contribution >= 4 is 34.7 Å². The van der Waals surface area contributed by atoms with E-state index in [4.69, 9.17) is 23.2 Å². The van der Waals surface area contributed by atoms with Crippen LogP contribution >= 0.6 is 23.2 Å². The number of rotatable bonds is 3. The standard InChI is InChI=1S/C16H15Cl2FN6/c1-8-21-15(24-23-8)12-6-13-16(22-12)20-4-5-25(13)7-9-10(17)2-3-11(19)14(9)18/h2-3,6,20,22H,4-5,7H2,1H3,(H,21,23,24). The van der Waals surface area contributed by atoms with Crippen molar-refractivity contribution in [2.75, 3.05) is 23.3 Å². The number of aryl methyl sites for hydroxylation is 1. The first kappa shape index (κ1) is 16.2. The SMILES string of the molecule is Cc1nc(-c2cc3c([nH]2)NCCN3Cc2c(Cl)ccc(F)c2Cl)n[nH]1. The predicted octanol–water partition coefficient (Wildman–Crippen LogP) is 3.99. The fourth-order valence-corrected chi connectivity index (χ4v) is 3.41. The van der Waals surface area contributed by atoms with Gasteiger partial charge in [-0.2, -0.15) is 5.10 Å². The highest BCUT2D eigenvalue weighted by Crippen LogP contribution is 2.36. The molecule has 2 aromatic heterocycles. The first-order valence-electron chi connectivity index (χ1n) is 7.76. The molecule has 0 amide bonds. The van der Waals surface area contributed by atoms with Crippen LogP contribution in [0.15, 0.2) is 18.2 Å². The minimum atomic E-state index is -0.470. The van der Waals surface area contributed by atoms with Crippen LogP contribution in [0.5, 0.6) is 0 Å².